The van der Waals surface area contributed by atoms with Gasteiger partial charge in [0.2, 0.25) is 0 Å². The van der Waals surface area contributed by atoms with Crippen molar-refractivity contribution in [3.63, 3.8) is 0 Å². The Balaban J connectivity index is 3.09. The predicted octanol–water partition coefficient (Wildman–Crippen LogP) is -0.374. The lowest BCUT2D eigenvalue weighted by Crippen LogP contribution is -2.19. The zero-order chi connectivity index (χ0) is 10.2. The van der Waals surface area contributed by atoms with E-state index < -0.39 is 10.1 Å². The highest BCUT2D eigenvalue weighted by Crippen LogP contribution is 1.87. The lowest BCUT2D eigenvalue weighted by Gasteiger charge is -2.02. The molecule has 13 heavy (non-hydrogen) atoms. The van der Waals surface area contributed by atoms with Crippen molar-refractivity contribution >= 4 is 10.1 Å². The summed E-state index contributed by atoms with van der Waals surface area (Å²) in [6.45, 7) is 1.53. The van der Waals surface area contributed by atoms with Crippen molar-refractivity contribution in [1.82, 2.24) is 5.32 Å². The summed E-state index contributed by atoms with van der Waals surface area (Å²) in [5, 5.41) is 11.4. The van der Waals surface area contributed by atoms with Gasteiger partial charge in [-0.15, -0.1) is 0 Å². The molecule has 0 rings (SSSR count). The maximum Gasteiger partial charge on any atom is 0.264 e. The summed E-state index contributed by atoms with van der Waals surface area (Å²) < 4.78 is 28.9. The first-order valence-corrected chi connectivity index (χ1v) is 5.94. The smallest absolute Gasteiger partial charge is 0.264 e. The summed E-state index contributed by atoms with van der Waals surface area (Å²) in [5.74, 6) is -0.194. The lowest BCUT2D eigenvalue weighted by molar-refractivity contribution is 0.284. The Bertz CT molecular complexity index is 203. The Kier molecular flexibility index (Phi) is 7.16. The number of aliphatic hydroxyl groups excluding tert-OH is 1. The van der Waals surface area contributed by atoms with Gasteiger partial charge < -0.3 is 10.4 Å². The molecule has 0 heterocycles. The Hall–Kier alpha value is -0.170. The zero-order valence-electron chi connectivity index (χ0n) is 7.57. The maximum absolute atomic E-state index is 10.3. The van der Waals surface area contributed by atoms with Crippen molar-refractivity contribution in [2.24, 2.45) is 0 Å². The van der Waals surface area contributed by atoms with Crippen LogP contribution in [0.4, 0.5) is 0 Å². The normalized spacial score (nSPS) is 11.8. The number of rotatable bonds is 8. The van der Waals surface area contributed by atoms with Crippen molar-refractivity contribution in [3.05, 3.63) is 0 Å². The van der Waals surface area contributed by atoms with Crippen LogP contribution in [-0.4, -0.2) is 43.5 Å². The van der Waals surface area contributed by atoms with E-state index in [1.165, 1.54) is 0 Å². The molecule has 5 nitrogen and oxygen atoms in total. The van der Waals surface area contributed by atoms with E-state index in [9.17, 15) is 8.42 Å². The second-order valence-corrected chi connectivity index (χ2v) is 4.39. The first-order chi connectivity index (χ1) is 6.06. The Morgan fingerprint density at radius 1 is 1.08 bits per heavy atom. The molecular weight excluding hydrogens is 194 g/mol. The number of hydrogen-bond donors (Lipinski definition) is 3. The third kappa shape index (κ3) is 11.8. The molecule has 0 aromatic carbocycles. The number of aliphatic hydroxyl groups is 1. The van der Waals surface area contributed by atoms with E-state index in [1.54, 1.807) is 0 Å². The minimum atomic E-state index is -3.80. The molecule has 0 aliphatic rings. The van der Waals surface area contributed by atoms with E-state index in [-0.39, 0.29) is 12.4 Å². The Morgan fingerprint density at radius 3 is 2.23 bits per heavy atom. The molecule has 0 aromatic rings. The molecule has 0 radical (unpaired) electrons. The standard InChI is InChI=1S/C7H17NO4S/c9-6-2-1-4-8-5-3-7-13(10,11)12/h8-9H,1-7H2,(H,10,11,12). The summed E-state index contributed by atoms with van der Waals surface area (Å²) in [7, 11) is -3.80. The summed E-state index contributed by atoms with van der Waals surface area (Å²) in [5.41, 5.74) is 0. The van der Waals surface area contributed by atoms with E-state index in [4.69, 9.17) is 9.66 Å². The average Bonchev–Trinajstić information content (AvgIpc) is 2.01. The van der Waals surface area contributed by atoms with Gasteiger partial charge in [-0.2, -0.15) is 8.42 Å². The summed E-state index contributed by atoms with van der Waals surface area (Å²) in [4.78, 5) is 0. The molecule has 6 heteroatoms. The van der Waals surface area contributed by atoms with Crippen LogP contribution >= 0.6 is 0 Å². The van der Waals surface area contributed by atoms with Gasteiger partial charge in [0.25, 0.3) is 10.1 Å². The second-order valence-electron chi connectivity index (χ2n) is 2.82. The van der Waals surface area contributed by atoms with Gasteiger partial charge in [0.15, 0.2) is 0 Å². The molecule has 80 valence electrons. The van der Waals surface area contributed by atoms with Crippen LogP contribution in [0.15, 0.2) is 0 Å². The third-order valence-corrected chi connectivity index (χ3v) is 2.32. The molecular formula is C7H17NO4S. The Labute approximate surface area is 78.9 Å². The highest BCUT2D eigenvalue weighted by atomic mass is 32.2. The van der Waals surface area contributed by atoms with Crippen molar-refractivity contribution in [2.75, 3.05) is 25.4 Å². The number of nitrogens with one attached hydrogen (secondary N) is 1. The van der Waals surface area contributed by atoms with E-state index >= 15 is 0 Å². The number of hydrogen-bond acceptors (Lipinski definition) is 4. The van der Waals surface area contributed by atoms with Crippen molar-refractivity contribution in [1.29, 1.82) is 0 Å². The molecule has 0 aliphatic carbocycles. The molecule has 0 spiro atoms. The zero-order valence-corrected chi connectivity index (χ0v) is 8.39. The fourth-order valence-corrected chi connectivity index (χ4v) is 1.38. The largest absolute Gasteiger partial charge is 0.396 e. The van der Waals surface area contributed by atoms with E-state index in [2.05, 4.69) is 5.32 Å². The van der Waals surface area contributed by atoms with Gasteiger partial charge in [-0.25, -0.2) is 0 Å². The minimum Gasteiger partial charge on any atom is -0.396 e. The first kappa shape index (κ1) is 12.8. The van der Waals surface area contributed by atoms with Crippen molar-refractivity contribution in [3.8, 4) is 0 Å². The molecule has 3 N–H and O–H groups in total. The van der Waals surface area contributed by atoms with Crippen LogP contribution in [0.3, 0.4) is 0 Å². The maximum atomic E-state index is 10.3. The van der Waals surface area contributed by atoms with Crippen molar-refractivity contribution < 1.29 is 18.1 Å². The Morgan fingerprint density at radius 2 is 1.69 bits per heavy atom. The molecule has 0 aliphatic heterocycles. The first-order valence-electron chi connectivity index (χ1n) is 4.33. The summed E-state index contributed by atoms with van der Waals surface area (Å²) in [6.07, 6.45) is 2.05. The summed E-state index contributed by atoms with van der Waals surface area (Å²) in [6, 6.07) is 0. The van der Waals surface area contributed by atoms with Gasteiger partial charge in [-0.1, -0.05) is 0 Å². The molecule has 0 saturated heterocycles. The van der Waals surface area contributed by atoms with Gasteiger partial charge in [0.05, 0.1) is 5.75 Å². The topological polar surface area (TPSA) is 86.6 Å². The van der Waals surface area contributed by atoms with E-state index in [1.807, 2.05) is 0 Å². The summed E-state index contributed by atoms with van der Waals surface area (Å²) >= 11 is 0. The van der Waals surface area contributed by atoms with E-state index in [0.717, 1.165) is 19.4 Å². The van der Waals surface area contributed by atoms with Crippen LogP contribution in [0.5, 0.6) is 0 Å². The minimum absolute atomic E-state index is 0.187. The molecule has 0 fully saturated rings. The van der Waals surface area contributed by atoms with Gasteiger partial charge >= 0.3 is 0 Å². The van der Waals surface area contributed by atoms with Gasteiger partial charge in [0.1, 0.15) is 0 Å². The quantitative estimate of drug-likeness (QED) is 0.376. The molecule has 0 bridgehead atoms. The van der Waals surface area contributed by atoms with Crippen LogP contribution in [0.2, 0.25) is 0 Å². The molecule has 0 atom stereocenters. The predicted molar refractivity (Wildman–Crippen MR) is 50.2 cm³/mol. The van der Waals surface area contributed by atoms with Gasteiger partial charge in [0, 0.05) is 6.61 Å². The van der Waals surface area contributed by atoms with Crippen LogP contribution in [0.25, 0.3) is 0 Å². The van der Waals surface area contributed by atoms with Gasteiger partial charge in [-0.3, -0.25) is 4.55 Å². The second kappa shape index (κ2) is 7.25. The fraction of sp³-hybridized carbons (Fsp3) is 1.00. The molecule has 0 unspecified atom stereocenters. The molecule has 0 amide bonds. The third-order valence-electron chi connectivity index (χ3n) is 1.52. The van der Waals surface area contributed by atoms with Crippen molar-refractivity contribution in [2.45, 2.75) is 19.3 Å². The highest BCUT2D eigenvalue weighted by Gasteiger charge is 2.02. The van der Waals surface area contributed by atoms with Crippen LogP contribution < -0.4 is 5.32 Å². The monoisotopic (exact) mass is 211 g/mol. The lowest BCUT2D eigenvalue weighted by atomic mass is 10.3. The molecule has 0 aromatic heterocycles. The van der Waals surface area contributed by atoms with E-state index in [0.29, 0.717) is 13.0 Å². The van der Waals surface area contributed by atoms with Crippen LogP contribution in [0, 0.1) is 0 Å². The average molecular weight is 211 g/mol. The van der Waals surface area contributed by atoms with Gasteiger partial charge in [-0.05, 0) is 32.4 Å². The van der Waals surface area contributed by atoms with Crippen LogP contribution in [0.1, 0.15) is 19.3 Å². The SMILES string of the molecule is O=S(=O)(O)CCCNCCCCO. The van der Waals surface area contributed by atoms with Crippen LogP contribution in [-0.2, 0) is 10.1 Å². The molecule has 0 saturated carbocycles. The number of unbranched alkanes of at least 4 members (excludes halogenated alkanes) is 1. The highest BCUT2D eigenvalue weighted by molar-refractivity contribution is 7.85. The fourth-order valence-electron chi connectivity index (χ4n) is 0.866.